The fourth-order valence-electron chi connectivity index (χ4n) is 0.532. The maximum Gasteiger partial charge on any atom is 0.150 e. The maximum absolute atomic E-state index is 10.0. The molecule has 0 aliphatic rings. The van der Waals surface area contributed by atoms with Crippen molar-refractivity contribution in [3.8, 4) is 0 Å². The zero-order valence-electron chi connectivity index (χ0n) is 4.87. The van der Waals surface area contributed by atoms with Crippen LogP contribution >= 0.6 is 0 Å². The molecular weight excluding hydrogens is 244 g/mol. The van der Waals surface area contributed by atoms with Gasteiger partial charge < -0.3 is 0 Å². The van der Waals surface area contributed by atoms with Crippen molar-refractivity contribution in [1.82, 2.24) is 0 Å². The minimum absolute atomic E-state index is 0. The summed E-state index contributed by atoms with van der Waals surface area (Å²) < 4.78 is 0. The van der Waals surface area contributed by atoms with Crippen LogP contribution in [0.3, 0.4) is 0 Å². The van der Waals surface area contributed by atoms with Crippen molar-refractivity contribution in [3.05, 3.63) is 35.9 Å². The second-order valence-corrected chi connectivity index (χ2v) is 1.53. The molecule has 0 saturated carbocycles. The van der Waals surface area contributed by atoms with E-state index >= 15 is 0 Å². The fraction of sp³-hybridized carbons (Fsp3) is 0. The largest absolute Gasteiger partial charge is 0.298 e. The summed E-state index contributed by atoms with van der Waals surface area (Å²) in [5, 5.41) is 0. The Morgan fingerprint density at radius 1 is 1.11 bits per heavy atom. The summed E-state index contributed by atoms with van der Waals surface area (Å²) in [6.07, 6.45) is 0.833. The smallest absolute Gasteiger partial charge is 0.150 e. The van der Waals surface area contributed by atoms with Crippen LogP contribution in [0.2, 0.25) is 0 Å². The average Bonchev–Trinajstić information content (AvgIpc) is 1.90. The van der Waals surface area contributed by atoms with E-state index < -0.39 is 0 Å². The van der Waals surface area contributed by atoms with E-state index in [2.05, 4.69) is 0 Å². The summed E-state index contributed by atoms with van der Waals surface area (Å²) in [6.45, 7) is 0. The molecule has 0 aliphatic carbocycles. The molecule has 0 atom stereocenters. The Morgan fingerprint density at radius 2 is 1.67 bits per heavy atom. The maximum atomic E-state index is 10.0. The molecule has 0 heterocycles. The molecule has 9 heavy (non-hydrogen) atoms. The molecule has 0 N–H and O–H groups in total. The molecule has 0 aromatic heterocycles. The third kappa shape index (κ3) is 3.06. The Balaban J connectivity index is 0.000000640. The first-order chi connectivity index (χ1) is 3.93. The Bertz CT molecular complexity index is 172. The van der Waals surface area contributed by atoms with Gasteiger partial charge in [-0.15, -0.1) is 0 Å². The zero-order chi connectivity index (χ0) is 5.82. The van der Waals surface area contributed by atoms with Crippen LogP contribution in [0.25, 0.3) is 0 Å². The molecule has 0 saturated heterocycles. The Hall–Kier alpha value is 0.241. The van der Waals surface area contributed by atoms with Crippen molar-refractivity contribution in [2.24, 2.45) is 0 Å². The third-order valence-corrected chi connectivity index (χ3v) is 0.936. The molecule has 0 aliphatic heterocycles. The SMILES string of the molecule is O=Cc1ccccc1.[Nd]. The molecule has 1 rings (SSSR count). The summed E-state index contributed by atoms with van der Waals surface area (Å²) in [6, 6.07) is 9.10. The van der Waals surface area contributed by atoms with E-state index in [1.165, 1.54) is 0 Å². The van der Waals surface area contributed by atoms with Crippen molar-refractivity contribution in [2.75, 3.05) is 0 Å². The van der Waals surface area contributed by atoms with E-state index in [4.69, 9.17) is 0 Å². The average molecular weight is 250 g/mol. The minimum atomic E-state index is 0. The molecule has 0 radical (unpaired) electrons. The van der Waals surface area contributed by atoms with Crippen molar-refractivity contribution in [1.29, 1.82) is 0 Å². The van der Waals surface area contributed by atoms with Gasteiger partial charge in [0.1, 0.15) is 6.29 Å². The number of carbonyl (C=O) groups is 1. The number of hydrogen-bond donors (Lipinski definition) is 0. The molecule has 1 nitrogen and oxygen atoms in total. The summed E-state index contributed by atoms with van der Waals surface area (Å²) >= 11 is 0. The molecule has 0 bridgehead atoms. The fourth-order valence-corrected chi connectivity index (χ4v) is 0.532. The van der Waals surface area contributed by atoms with E-state index in [1.807, 2.05) is 18.2 Å². The van der Waals surface area contributed by atoms with Crippen LogP contribution in [0.15, 0.2) is 30.3 Å². The van der Waals surface area contributed by atoms with Gasteiger partial charge in [-0.3, -0.25) is 4.79 Å². The van der Waals surface area contributed by atoms with Crippen molar-refractivity contribution >= 4 is 6.29 Å². The van der Waals surface area contributed by atoms with E-state index in [0.29, 0.717) is 0 Å². The predicted molar refractivity (Wildman–Crippen MR) is 31.8 cm³/mol. The molecule has 0 spiro atoms. The normalized spacial score (nSPS) is 7.56. The van der Waals surface area contributed by atoms with Gasteiger partial charge in [0.25, 0.3) is 0 Å². The van der Waals surface area contributed by atoms with Crippen molar-refractivity contribution in [2.45, 2.75) is 0 Å². The molecule has 1 aromatic rings. The molecule has 1 aromatic carbocycles. The van der Waals surface area contributed by atoms with Gasteiger partial charge in [0.2, 0.25) is 0 Å². The van der Waals surface area contributed by atoms with E-state index in [1.54, 1.807) is 12.1 Å². The van der Waals surface area contributed by atoms with Crippen molar-refractivity contribution < 1.29 is 45.6 Å². The zero-order valence-corrected chi connectivity index (χ0v) is 8.08. The van der Waals surface area contributed by atoms with Crippen LogP contribution in [0.1, 0.15) is 10.4 Å². The third-order valence-electron chi connectivity index (χ3n) is 0.936. The van der Waals surface area contributed by atoms with Crippen LogP contribution in [-0.4, -0.2) is 6.29 Å². The van der Waals surface area contributed by atoms with E-state index in [9.17, 15) is 4.79 Å². The number of benzene rings is 1. The topological polar surface area (TPSA) is 17.1 Å². The first-order valence-corrected chi connectivity index (χ1v) is 2.44. The molecule has 0 fully saturated rings. The summed E-state index contributed by atoms with van der Waals surface area (Å²) in [7, 11) is 0. The van der Waals surface area contributed by atoms with Crippen LogP contribution in [0.5, 0.6) is 0 Å². The first-order valence-electron chi connectivity index (χ1n) is 2.44. The summed E-state index contributed by atoms with van der Waals surface area (Å²) in [5.74, 6) is 0. The van der Waals surface area contributed by atoms with Gasteiger partial charge in [0.05, 0.1) is 0 Å². The van der Waals surface area contributed by atoms with Gasteiger partial charge in [0.15, 0.2) is 0 Å². The second kappa shape index (κ2) is 5.06. The first kappa shape index (κ1) is 9.24. The molecule has 44 valence electrons. The minimum Gasteiger partial charge on any atom is -0.298 e. The van der Waals surface area contributed by atoms with Gasteiger partial charge in [-0.05, 0) is 0 Å². The van der Waals surface area contributed by atoms with Gasteiger partial charge in [0, 0.05) is 46.4 Å². The van der Waals surface area contributed by atoms with E-state index in [-0.39, 0.29) is 40.8 Å². The monoisotopic (exact) mass is 248 g/mol. The van der Waals surface area contributed by atoms with Gasteiger partial charge in [-0.2, -0.15) is 0 Å². The van der Waals surface area contributed by atoms with Crippen LogP contribution in [-0.2, 0) is 0 Å². The summed E-state index contributed by atoms with van der Waals surface area (Å²) in [5.41, 5.74) is 0.729. The van der Waals surface area contributed by atoms with Gasteiger partial charge >= 0.3 is 0 Å². The number of aldehydes is 1. The Kier molecular flexibility index (Phi) is 5.19. The number of carbonyl (C=O) groups excluding carboxylic acids is 1. The van der Waals surface area contributed by atoms with Crippen LogP contribution < -0.4 is 0 Å². The molecule has 0 unspecified atom stereocenters. The summed E-state index contributed by atoms with van der Waals surface area (Å²) in [4.78, 5) is 10.0. The number of rotatable bonds is 1. The predicted octanol–water partition coefficient (Wildman–Crippen LogP) is 1.50. The Morgan fingerprint density at radius 3 is 2.00 bits per heavy atom. The molecular formula is C7H6NdO. The Labute approximate surface area is 87.0 Å². The van der Waals surface area contributed by atoms with Crippen molar-refractivity contribution in [3.63, 3.8) is 0 Å². The molecule has 0 amide bonds. The number of hydrogen-bond acceptors (Lipinski definition) is 1. The van der Waals surface area contributed by atoms with Gasteiger partial charge in [-0.25, -0.2) is 0 Å². The van der Waals surface area contributed by atoms with Gasteiger partial charge in [-0.1, -0.05) is 30.3 Å². The molecule has 2 heteroatoms. The van der Waals surface area contributed by atoms with E-state index in [0.717, 1.165) is 11.8 Å². The second-order valence-electron chi connectivity index (χ2n) is 1.53. The quantitative estimate of drug-likeness (QED) is 0.690. The standard InChI is InChI=1S/C7H6O.Nd/c8-6-7-4-2-1-3-5-7;/h1-6H;. The van der Waals surface area contributed by atoms with Crippen LogP contribution in [0, 0.1) is 40.8 Å². The van der Waals surface area contributed by atoms with Crippen LogP contribution in [0.4, 0.5) is 0 Å².